The highest BCUT2D eigenvalue weighted by molar-refractivity contribution is 6.27. The molecule has 0 fully saturated rings. The van der Waals surface area contributed by atoms with E-state index in [1.54, 1.807) is 0 Å². The van der Waals surface area contributed by atoms with E-state index in [4.69, 9.17) is 9.98 Å². The van der Waals surface area contributed by atoms with Crippen molar-refractivity contribution in [1.82, 2.24) is 19.0 Å². The number of nitrogens with zero attached hydrogens (tertiary/aromatic N) is 5. The van der Waals surface area contributed by atoms with Crippen LogP contribution in [0.2, 0.25) is 0 Å². The zero-order chi connectivity index (χ0) is 41.4. The van der Waals surface area contributed by atoms with Gasteiger partial charge in [0.15, 0.2) is 5.84 Å². The Balaban J connectivity index is 1.20. The van der Waals surface area contributed by atoms with E-state index >= 15 is 0 Å². The molecule has 1 unspecified atom stereocenters. The summed E-state index contributed by atoms with van der Waals surface area (Å²) in [6.45, 7) is 0. The van der Waals surface area contributed by atoms with Crippen molar-refractivity contribution in [2.45, 2.75) is 6.17 Å². The fraction of sp³-hybridized carbons (Fsp3) is 0.0175. The van der Waals surface area contributed by atoms with Gasteiger partial charge < -0.3 is 14.5 Å². The van der Waals surface area contributed by atoms with Gasteiger partial charge in [-0.2, -0.15) is 4.99 Å². The molecule has 0 bridgehead atoms. The standard InChI is InChI=1S/C57H38N6/c1-5-19-37(20-6-1)41-35-36-50(54-51(41)46-29-15-18-32-49(46)61(54)40-25-11-4-12-26-40)62-47-30-16-13-27-42(47)44-33-34-45-43-28-14-17-31-48(43)63(53(45)52(44)62)57-59-55(38-21-7-2-8-22-38)58-56(60-57)39-23-9-3-10-24-39/h1-36,55H,(H,58,59,60). The molecule has 13 rings (SSSR count). The zero-order valence-corrected chi connectivity index (χ0v) is 34.1. The predicted molar refractivity (Wildman–Crippen MR) is 262 cm³/mol. The number of hydrogen-bond donors (Lipinski definition) is 1. The minimum absolute atomic E-state index is 0.359. The molecule has 296 valence electrons. The molecule has 0 amide bonds. The van der Waals surface area contributed by atoms with Crippen LogP contribution in [0.15, 0.2) is 228 Å². The number of hydrogen-bond acceptors (Lipinski definition) is 3. The Labute approximate surface area is 362 Å². The van der Waals surface area contributed by atoms with Crippen molar-refractivity contribution in [3.05, 3.63) is 230 Å². The number of fused-ring (bicyclic) bond motifs is 10. The summed E-state index contributed by atoms with van der Waals surface area (Å²) in [5.41, 5.74) is 13.3. The molecular formula is C57H38N6. The smallest absolute Gasteiger partial charge is 0.212 e. The number of amidine groups is 1. The van der Waals surface area contributed by atoms with Crippen molar-refractivity contribution in [3.63, 3.8) is 0 Å². The summed E-state index contributed by atoms with van der Waals surface area (Å²) < 4.78 is 7.32. The van der Waals surface area contributed by atoms with Gasteiger partial charge in [0.2, 0.25) is 5.96 Å². The van der Waals surface area contributed by atoms with Crippen LogP contribution in [-0.2, 0) is 0 Å². The average Bonchev–Trinajstić information content (AvgIpc) is 4.01. The van der Waals surface area contributed by atoms with Crippen LogP contribution in [0, 0.1) is 0 Å². The molecule has 0 spiro atoms. The molecule has 1 N–H and O–H groups in total. The predicted octanol–water partition coefficient (Wildman–Crippen LogP) is 13.6. The van der Waals surface area contributed by atoms with E-state index in [1.165, 1.54) is 27.3 Å². The lowest BCUT2D eigenvalue weighted by Crippen LogP contribution is -2.37. The lowest BCUT2D eigenvalue weighted by molar-refractivity contribution is 0.661. The average molecular weight is 807 g/mol. The van der Waals surface area contributed by atoms with Crippen LogP contribution in [-0.4, -0.2) is 25.5 Å². The molecule has 0 saturated heterocycles. The molecule has 1 aliphatic rings. The van der Waals surface area contributed by atoms with Crippen LogP contribution in [0.3, 0.4) is 0 Å². The third kappa shape index (κ3) is 5.38. The van der Waals surface area contributed by atoms with Gasteiger partial charge in [0.25, 0.3) is 0 Å². The SMILES string of the molecule is c1ccc(C2=NC(c3ccccc3)NC(n3c4ccccc4c4ccc5c6ccccc6n(-c6ccc(-c7ccccc7)c7c8ccccc8n(-c8ccccc8)c67)c5c43)=N2)cc1. The van der Waals surface area contributed by atoms with Crippen LogP contribution < -0.4 is 5.32 Å². The Morgan fingerprint density at radius 2 is 0.889 bits per heavy atom. The van der Waals surface area contributed by atoms with E-state index in [2.05, 4.69) is 213 Å². The molecule has 6 heteroatoms. The summed E-state index contributed by atoms with van der Waals surface area (Å²) in [6, 6.07) is 78.0. The molecule has 1 atom stereocenters. The van der Waals surface area contributed by atoms with E-state index in [9.17, 15) is 0 Å². The lowest BCUT2D eigenvalue weighted by Gasteiger charge is -2.25. The molecule has 6 nitrogen and oxygen atoms in total. The Hall–Kier alpha value is -8.48. The summed E-state index contributed by atoms with van der Waals surface area (Å²) in [7, 11) is 0. The van der Waals surface area contributed by atoms with Gasteiger partial charge in [-0.3, -0.25) is 4.57 Å². The third-order valence-corrected chi connectivity index (χ3v) is 12.7. The number of benzene rings is 9. The molecule has 3 aromatic heterocycles. The van der Waals surface area contributed by atoms with Crippen LogP contribution >= 0.6 is 0 Å². The van der Waals surface area contributed by atoms with E-state index in [0.29, 0.717) is 5.84 Å². The first-order chi connectivity index (χ1) is 31.3. The molecular weight excluding hydrogens is 769 g/mol. The first kappa shape index (κ1) is 35.3. The maximum absolute atomic E-state index is 5.42. The maximum Gasteiger partial charge on any atom is 0.212 e. The van der Waals surface area contributed by atoms with Gasteiger partial charge in [0.1, 0.15) is 6.17 Å². The van der Waals surface area contributed by atoms with Gasteiger partial charge in [0.05, 0.1) is 38.8 Å². The summed E-state index contributed by atoms with van der Waals surface area (Å²) in [6.07, 6.45) is -0.359. The van der Waals surface area contributed by atoms with Gasteiger partial charge in [-0.1, -0.05) is 182 Å². The largest absolute Gasteiger partial charge is 0.330 e. The van der Waals surface area contributed by atoms with Gasteiger partial charge in [-0.25, -0.2) is 4.99 Å². The van der Waals surface area contributed by atoms with Crippen molar-refractivity contribution >= 4 is 77.2 Å². The van der Waals surface area contributed by atoms with Gasteiger partial charge in [0, 0.05) is 43.6 Å². The molecule has 1 aliphatic heterocycles. The molecule has 0 aliphatic carbocycles. The van der Waals surface area contributed by atoms with E-state index in [1.807, 2.05) is 24.3 Å². The van der Waals surface area contributed by atoms with Crippen molar-refractivity contribution in [3.8, 4) is 22.5 Å². The molecule has 0 radical (unpaired) electrons. The number of para-hydroxylation sites is 4. The lowest BCUT2D eigenvalue weighted by atomic mass is 9.98. The van der Waals surface area contributed by atoms with E-state index < -0.39 is 0 Å². The van der Waals surface area contributed by atoms with Crippen LogP contribution in [0.1, 0.15) is 17.3 Å². The van der Waals surface area contributed by atoms with Crippen LogP contribution in [0.5, 0.6) is 0 Å². The topological polar surface area (TPSA) is 51.5 Å². The molecule has 63 heavy (non-hydrogen) atoms. The Bertz CT molecular complexity index is 3800. The number of nitrogens with one attached hydrogen (secondary N) is 1. The van der Waals surface area contributed by atoms with Crippen molar-refractivity contribution in [1.29, 1.82) is 0 Å². The summed E-state index contributed by atoms with van der Waals surface area (Å²) >= 11 is 0. The number of aromatic nitrogens is 3. The van der Waals surface area contributed by atoms with E-state index in [0.717, 1.165) is 77.7 Å². The second-order valence-electron chi connectivity index (χ2n) is 16.2. The third-order valence-electron chi connectivity index (χ3n) is 12.7. The van der Waals surface area contributed by atoms with Crippen LogP contribution in [0.25, 0.3) is 87.9 Å². The van der Waals surface area contributed by atoms with Crippen molar-refractivity contribution < 1.29 is 0 Å². The first-order valence-corrected chi connectivity index (χ1v) is 21.5. The molecule has 12 aromatic rings. The minimum Gasteiger partial charge on any atom is -0.330 e. The highest BCUT2D eigenvalue weighted by Gasteiger charge is 2.28. The van der Waals surface area contributed by atoms with Gasteiger partial charge in [-0.15, -0.1) is 0 Å². The van der Waals surface area contributed by atoms with E-state index in [-0.39, 0.29) is 6.17 Å². The van der Waals surface area contributed by atoms with Crippen molar-refractivity contribution in [2.24, 2.45) is 9.98 Å². The Morgan fingerprint density at radius 3 is 1.54 bits per heavy atom. The second-order valence-corrected chi connectivity index (χ2v) is 16.2. The molecule has 0 saturated carbocycles. The number of aliphatic imine (C=N–C) groups is 2. The first-order valence-electron chi connectivity index (χ1n) is 21.5. The summed E-state index contributed by atoms with van der Waals surface area (Å²) in [5.74, 6) is 1.40. The normalized spacial score (nSPS) is 14.2. The highest BCUT2D eigenvalue weighted by Crippen LogP contribution is 2.46. The highest BCUT2D eigenvalue weighted by atomic mass is 15.3. The van der Waals surface area contributed by atoms with Gasteiger partial charge >= 0.3 is 0 Å². The number of rotatable bonds is 5. The zero-order valence-electron chi connectivity index (χ0n) is 34.1. The summed E-state index contributed by atoms with van der Waals surface area (Å²) in [5, 5.41) is 10.9. The quantitative estimate of drug-likeness (QED) is 0.185. The Morgan fingerprint density at radius 1 is 0.381 bits per heavy atom. The van der Waals surface area contributed by atoms with Crippen molar-refractivity contribution in [2.75, 3.05) is 0 Å². The fourth-order valence-electron chi connectivity index (χ4n) is 10.0. The minimum atomic E-state index is -0.359. The monoisotopic (exact) mass is 806 g/mol. The molecule has 4 heterocycles. The Kier molecular flexibility index (Phi) is 7.87. The fourth-order valence-corrected chi connectivity index (χ4v) is 10.0. The van der Waals surface area contributed by atoms with Crippen LogP contribution in [0.4, 0.5) is 0 Å². The second kappa shape index (κ2) is 14.0. The van der Waals surface area contributed by atoms with Gasteiger partial charge in [-0.05, 0) is 53.1 Å². The molecule has 9 aromatic carbocycles. The maximum atomic E-state index is 5.42. The summed E-state index contributed by atoms with van der Waals surface area (Å²) in [4.78, 5) is 10.6.